The summed E-state index contributed by atoms with van der Waals surface area (Å²) in [6.45, 7) is 3.28. The minimum absolute atomic E-state index is 0.741. The van der Waals surface area contributed by atoms with Gasteiger partial charge in [-0.25, -0.2) is 4.98 Å². The summed E-state index contributed by atoms with van der Waals surface area (Å²) in [4.78, 5) is 6.56. The minimum atomic E-state index is 0.741. The van der Waals surface area contributed by atoms with E-state index in [0.29, 0.717) is 0 Å². The van der Waals surface area contributed by atoms with E-state index >= 15 is 0 Å². The highest BCUT2D eigenvalue weighted by Gasteiger charge is 2.05. The van der Waals surface area contributed by atoms with Crippen molar-refractivity contribution >= 4 is 5.69 Å². The van der Waals surface area contributed by atoms with E-state index in [4.69, 9.17) is 4.74 Å². The molecule has 0 saturated carbocycles. The maximum Gasteiger partial charge on any atom is 0.127 e. The third kappa shape index (κ3) is 4.58. The number of aromatic nitrogens is 2. The Hall–Kier alpha value is -1.85. The predicted octanol–water partition coefficient (Wildman–Crippen LogP) is 1.79. The number of benzene rings is 1. The highest BCUT2D eigenvalue weighted by atomic mass is 16.5. The lowest BCUT2D eigenvalue weighted by molar-refractivity contribution is 0.199. The lowest BCUT2D eigenvalue weighted by Gasteiger charge is -2.19. The molecular weight excluding hydrogens is 264 g/mol. The lowest BCUT2D eigenvalue weighted by atomic mass is 10.2. The van der Waals surface area contributed by atoms with Crippen LogP contribution in [0.1, 0.15) is 11.4 Å². The molecule has 0 fully saturated rings. The van der Waals surface area contributed by atoms with Crippen molar-refractivity contribution in [1.29, 1.82) is 0 Å². The molecule has 1 N–H and O–H groups in total. The van der Waals surface area contributed by atoms with Gasteiger partial charge in [0.1, 0.15) is 5.82 Å². The van der Waals surface area contributed by atoms with Crippen molar-refractivity contribution in [2.45, 2.75) is 13.1 Å². The van der Waals surface area contributed by atoms with Crippen LogP contribution >= 0.6 is 0 Å². The Labute approximate surface area is 126 Å². The smallest absolute Gasteiger partial charge is 0.127 e. The molecule has 5 nitrogen and oxygen atoms in total. The summed E-state index contributed by atoms with van der Waals surface area (Å²) in [6.07, 6.45) is 3.80. The summed E-state index contributed by atoms with van der Waals surface area (Å²) in [5.74, 6) is 1.06. The van der Waals surface area contributed by atoms with Crippen LogP contribution in [-0.2, 0) is 24.9 Å². The highest BCUT2D eigenvalue weighted by molar-refractivity contribution is 5.46. The van der Waals surface area contributed by atoms with E-state index in [0.717, 1.165) is 32.1 Å². The van der Waals surface area contributed by atoms with Crippen LogP contribution in [0.5, 0.6) is 0 Å². The first kappa shape index (κ1) is 15.5. The summed E-state index contributed by atoms with van der Waals surface area (Å²) >= 11 is 0. The maximum absolute atomic E-state index is 5.01. The molecule has 0 bridgehead atoms. The first-order chi connectivity index (χ1) is 10.2. The Morgan fingerprint density at radius 2 is 2.05 bits per heavy atom. The Bertz CT molecular complexity index is 535. The first-order valence-corrected chi connectivity index (χ1v) is 7.16. The molecule has 1 aromatic carbocycles. The van der Waals surface area contributed by atoms with Gasteiger partial charge < -0.3 is 19.5 Å². The second-order valence-electron chi connectivity index (χ2n) is 5.15. The van der Waals surface area contributed by atoms with Gasteiger partial charge >= 0.3 is 0 Å². The van der Waals surface area contributed by atoms with E-state index in [2.05, 4.69) is 46.5 Å². The first-order valence-electron chi connectivity index (χ1n) is 7.16. The van der Waals surface area contributed by atoms with Gasteiger partial charge in [-0.1, -0.05) is 12.1 Å². The van der Waals surface area contributed by atoms with E-state index < -0.39 is 0 Å². The molecule has 0 spiro atoms. The number of rotatable bonds is 8. The van der Waals surface area contributed by atoms with Crippen molar-refractivity contribution < 1.29 is 4.74 Å². The Morgan fingerprint density at radius 3 is 2.67 bits per heavy atom. The second-order valence-corrected chi connectivity index (χ2v) is 5.15. The Balaban J connectivity index is 1.87. The number of hydrogen-bond donors (Lipinski definition) is 1. The van der Waals surface area contributed by atoms with Crippen LogP contribution in [0, 0.1) is 0 Å². The van der Waals surface area contributed by atoms with Crippen LogP contribution in [0.15, 0.2) is 36.7 Å². The number of ether oxygens (including phenoxy) is 1. The molecule has 0 amide bonds. The van der Waals surface area contributed by atoms with Crippen molar-refractivity contribution in [2.75, 3.05) is 32.2 Å². The molecule has 0 atom stereocenters. The van der Waals surface area contributed by atoms with Crippen LogP contribution in [0.2, 0.25) is 0 Å². The van der Waals surface area contributed by atoms with E-state index in [-0.39, 0.29) is 0 Å². The normalized spacial score (nSPS) is 10.8. The monoisotopic (exact) mass is 288 g/mol. The van der Waals surface area contributed by atoms with E-state index in [1.54, 1.807) is 7.11 Å². The molecular formula is C16H24N4O. The van der Waals surface area contributed by atoms with Crippen LogP contribution in [0.3, 0.4) is 0 Å². The number of aryl methyl sites for hydroxylation is 1. The van der Waals surface area contributed by atoms with E-state index in [1.807, 2.05) is 24.0 Å². The molecule has 0 aliphatic heterocycles. The van der Waals surface area contributed by atoms with Gasteiger partial charge in [0.2, 0.25) is 0 Å². The molecule has 2 rings (SSSR count). The van der Waals surface area contributed by atoms with Gasteiger partial charge in [0.25, 0.3) is 0 Å². The van der Waals surface area contributed by atoms with Crippen molar-refractivity contribution in [3.8, 4) is 0 Å². The fourth-order valence-corrected chi connectivity index (χ4v) is 2.13. The van der Waals surface area contributed by atoms with Gasteiger partial charge in [-0.05, 0) is 17.7 Å². The van der Waals surface area contributed by atoms with E-state index in [1.165, 1.54) is 11.3 Å². The van der Waals surface area contributed by atoms with Gasteiger partial charge in [0, 0.05) is 52.4 Å². The van der Waals surface area contributed by atoms with Crippen LogP contribution in [0.4, 0.5) is 5.69 Å². The zero-order valence-electron chi connectivity index (χ0n) is 13.0. The summed E-state index contributed by atoms with van der Waals surface area (Å²) in [5, 5.41) is 3.34. The molecule has 2 aromatic rings. The molecule has 1 aromatic heterocycles. The molecule has 0 saturated heterocycles. The van der Waals surface area contributed by atoms with Crippen LogP contribution in [-0.4, -0.2) is 36.9 Å². The molecule has 1 heterocycles. The second kappa shape index (κ2) is 7.81. The standard InChI is InChI=1S/C16H24N4O/c1-19-10-8-18-16(19)13-20(2)15-6-4-14(5-7-15)12-17-9-11-21-3/h4-8,10,17H,9,11-13H2,1-3H3. The summed E-state index contributed by atoms with van der Waals surface area (Å²) < 4.78 is 7.06. The zero-order chi connectivity index (χ0) is 15.1. The summed E-state index contributed by atoms with van der Waals surface area (Å²) in [7, 11) is 5.82. The Morgan fingerprint density at radius 1 is 1.29 bits per heavy atom. The SMILES string of the molecule is COCCNCc1ccc(N(C)Cc2nccn2C)cc1. The fourth-order valence-electron chi connectivity index (χ4n) is 2.13. The number of methoxy groups -OCH3 is 1. The third-order valence-electron chi connectivity index (χ3n) is 3.49. The minimum Gasteiger partial charge on any atom is -0.383 e. The van der Waals surface area contributed by atoms with Crippen molar-refractivity contribution in [2.24, 2.45) is 7.05 Å². The quantitative estimate of drug-likeness (QED) is 0.752. The zero-order valence-corrected chi connectivity index (χ0v) is 13.0. The number of nitrogens with one attached hydrogen (secondary N) is 1. The molecule has 0 aliphatic rings. The van der Waals surface area contributed by atoms with Gasteiger partial charge in [0.05, 0.1) is 13.2 Å². The highest BCUT2D eigenvalue weighted by Crippen LogP contribution is 2.15. The number of hydrogen-bond acceptors (Lipinski definition) is 4. The van der Waals surface area contributed by atoms with Gasteiger partial charge in [-0.2, -0.15) is 0 Å². The summed E-state index contributed by atoms with van der Waals surface area (Å²) in [5.41, 5.74) is 2.47. The lowest BCUT2D eigenvalue weighted by Crippen LogP contribution is -2.20. The van der Waals surface area contributed by atoms with E-state index in [9.17, 15) is 0 Å². The summed E-state index contributed by atoms with van der Waals surface area (Å²) in [6, 6.07) is 8.61. The topological polar surface area (TPSA) is 42.3 Å². The Kier molecular flexibility index (Phi) is 5.78. The largest absolute Gasteiger partial charge is 0.383 e. The maximum atomic E-state index is 5.01. The number of imidazole rings is 1. The van der Waals surface area contributed by atoms with Crippen molar-refractivity contribution in [3.63, 3.8) is 0 Å². The third-order valence-corrected chi connectivity index (χ3v) is 3.49. The fraction of sp³-hybridized carbons (Fsp3) is 0.438. The molecule has 0 aliphatic carbocycles. The van der Waals surface area contributed by atoms with Crippen LogP contribution in [0.25, 0.3) is 0 Å². The molecule has 114 valence electrons. The van der Waals surface area contributed by atoms with Gasteiger partial charge in [-0.15, -0.1) is 0 Å². The van der Waals surface area contributed by atoms with Gasteiger partial charge in [0.15, 0.2) is 0 Å². The average molecular weight is 288 g/mol. The van der Waals surface area contributed by atoms with Crippen molar-refractivity contribution in [3.05, 3.63) is 48.0 Å². The predicted molar refractivity (Wildman–Crippen MR) is 85.3 cm³/mol. The van der Waals surface area contributed by atoms with Gasteiger partial charge in [-0.3, -0.25) is 0 Å². The average Bonchev–Trinajstić information content (AvgIpc) is 2.89. The molecule has 0 unspecified atom stereocenters. The molecule has 21 heavy (non-hydrogen) atoms. The van der Waals surface area contributed by atoms with Crippen LogP contribution < -0.4 is 10.2 Å². The molecule has 0 radical (unpaired) electrons. The number of nitrogens with zero attached hydrogens (tertiary/aromatic N) is 3. The van der Waals surface area contributed by atoms with Crippen molar-refractivity contribution in [1.82, 2.24) is 14.9 Å². The number of anilines is 1. The molecule has 5 heteroatoms.